The highest BCUT2D eigenvalue weighted by atomic mass is 32.2. The Morgan fingerprint density at radius 2 is 1.77 bits per heavy atom. The second kappa shape index (κ2) is 8.75. The lowest BCUT2D eigenvalue weighted by molar-refractivity contribution is -0.140. The summed E-state index contributed by atoms with van der Waals surface area (Å²) in [5, 5.41) is 0. The van der Waals surface area contributed by atoms with E-state index in [4.69, 9.17) is 9.47 Å². The minimum Gasteiger partial charge on any atom is -0.466 e. The zero-order valence-electron chi connectivity index (χ0n) is 17.8. The third-order valence-corrected chi connectivity index (χ3v) is 7.25. The molecule has 0 radical (unpaired) electrons. The topological polar surface area (TPSA) is 72.9 Å². The molecule has 0 spiro atoms. The van der Waals surface area contributed by atoms with Crippen molar-refractivity contribution in [2.75, 3.05) is 20.8 Å². The van der Waals surface area contributed by atoms with Gasteiger partial charge in [-0.3, -0.25) is 4.79 Å². The van der Waals surface area contributed by atoms with Gasteiger partial charge in [0, 0.05) is 35.9 Å². The first-order valence-electron chi connectivity index (χ1n) is 10.2. The molecule has 1 saturated heterocycles. The highest BCUT2D eigenvalue weighted by Crippen LogP contribution is 2.45. The standard InChI is InChI=1S/C24H25NO5S/c1-14-9-19(23(27)29-2)22(24(28)30-3)20-13-25-15(11-18(14)20)10-17(12-21(25)26)31-16-7-5-4-6-8-16/h4-8,12,15,20H,9-11,13H2,1-3H3/t15-,20-/m0/s1. The maximum absolute atomic E-state index is 13.0. The van der Waals surface area contributed by atoms with E-state index in [1.165, 1.54) is 14.2 Å². The third-order valence-electron chi connectivity index (χ3n) is 6.19. The van der Waals surface area contributed by atoms with Gasteiger partial charge in [-0.15, -0.1) is 0 Å². The number of fused-ring (bicyclic) bond motifs is 2. The average molecular weight is 440 g/mol. The first-order valence-corrected chi connectivity index (χ1v) is 11.1. The van der Waals surface area contributed by atoms with Gasteiger partial charge in [0.1, 0.15) is 0 Å². The van der Waals surface area contributed by atoms with E-state index in [0.29, 0.717) is 30.5 Å². The number of hydrogen-bond donors (Lipinski definition) is 0. The molecule has 0 aromatic heterocycles. The molecule has 1 amide bonds. The zero-order chi connectivity index (χ0) is 22.1. The van der Waals surface area contributed by atoms with Crippen molar-refractivity contribution in [3.8, 4) is 0 Å². The van der Waals surface area contributed by atoms with Gasteiger partial charge in [-0.2, -0.15) is 0 Å². The number of carbonyl (C=O) groups excluding carboxylic acids is 3. The monoisotopic (exact) mass is 439 g/mol. The minimum absolute atomic E-state index is 0.0449. The molecular formula is C24H25NO5S. The Labute approximate surface area is 186 Å². The van der Waals surface area contributed by atoms with Crippen molar-refractivity contribution in [1.82, 2.24) is 4.90 Å². The Hall–Kier alpha value is -2.80. The first-order chi connectivity index (χ1) is 14.9. The van der Waals surface area contributed by atoms with E-state index in [9.17, 15) is 14.4 Å². The van der Waals surface area contributed by atoms with Crippen LogP contribution in [0.1, 0.15) is 26.2 Å². The van der Waals surface area contributed by atoms with Gasteiger partial charge in [0.2, 0.25) is 5.91 Å². The normalized spacial score (nSPS) is 23.1. The van der Waals surface area contributed by atoms with E-state index in [2.05, 4.69) is 0 Å². The van der Waals surface area contributed by atoms with Gasteiger partial charge in [-0.1, -0.05) is 41.1 Å². The Balaban J connectivity index is 1.65. The van der Waals surface area contributed by atoms with Crippen molar-refractivity contribution in [3.05, 3.63) is 63.6 Å². The van der Waals surface area contributed by atoms with Crippen LogP contribution in [0.5, 0.6) is 0 Å². The fraction of sp³-hybridized carbons (Fsp3) is 0.375. The number of hydrogen-bond acceptors (Lipinski definition) is 6. The number of nitrogens with zero attached hydrogens (tertiary/aromatic N) is 1. The number of rotatable bonds is 4. The van der Waals surface area contributed by atoms with Gasteiger partial charge in [0.25, 0.3) is 0 Å². The highest BCUT2D eigenvalue weighted by Gasteiger charge is 2.44. The van der Waals surface area contributed by atoms with Gasteiger partial charge >= 0.3 is 11.9 Å². The molecule has 3 aliphatic rings. The lowest BCUT2D eigenvalue weighted by atomic mass is 9.72. The van der Waals surface area contributed by atoms with Crippen molar-refractivity contribution in [3.63, 3.8) is 0 Å². The summed E-state index contributed by atoms with van der Waals surface area (Å²) in [5.74, 6) is -1.45. The van der Waals surface area contributed by atoms with E-state index < -0.39 is 11.9 Å². The molecule has 0 unspecified atom stereocenters. The molecule has 2 atom stereocenters. The summed E-state index contributed by atoms with van der Waals surface area (Å²) in [6, 6.07) is 10.1. The summed E-state index contributed by atoms with van der Waals surface area (Å²) in [4.78, 5) is 42.0. The molecule has 0 saturated carbocycles. The van der Waals surface area contributed by atoms with E-state index in [1.807, 2.05) is 42.2 Å². The molecule has 1 aliphatic carbocycles. The van der Waals surface area contributed by atoms with Crippen LogP contribution in [-0.2, 0) is 23.9 Å². The number of piperidine rings is 1. The summed E-state index contributed by atoms with van der Waals surface area (Å²) in [7, 11) is 2.61. The van der Waals surface area contributed by atoms with E-state index in [-0.39, 0.29) is 17.9 Å². The summed E-state index contributed by atoms with van der Waals surface area (Å²) in [6.45, 7) is 2.36. The Morgan fingerprint density at radius 3 is 2.45 bits per heavy atom. The van der Waals surface area contributed by atoms with Crippen molar-refractivity contribution in [1.29, 1.82) is 0 Å². The van der Waals surface area contributed by atoms with E-state index in [0.717, 1.165) is 27.4 Å². The van der Waals surface area contributed by atoms with Crippen molar-refractivity contribution < 1.29 is 23.9 Å². The molecule has 4 rings (SSSR count). The quantitative estimate of drug-likeness (QED) is 0.527. The molecule has 1 fully saturated rings. The first kappa shape index (κ1) is 21.4. The number of ether oxygens (including phenoxy) is 2. The number of carbonyl (C=O) groups is 3. The van der Waals surface area contributed by atoms with Gasteiger partial charge in [0.15, 0.2) is 0 Å². The Morgan fingerprint density at radius 1 is 1.06 bits per heavy atom. The number of methoxy groups -OCH3 is 2. The highest BCUT2D eigenvalue weighted by molar-refractivity contribution is 8.03. The maximum Gasteiger partial charge on any atom is 0.334 e. The molecule has 0 bridgehead atoms. The van der Waals surface area contributed by atoms with E-state index in [1.54, 1.807) is 17.8 Å². The third kappa shape index (κ3) is 4.06. The summed E-state index contributed by atoms with van der Waals surface area (Å²) < 4.78 is 9.92. The molecule has 6 nitrogen and oxygen atoms in total. The average Bonchev–Trinajstić information content (AvgIpc) is 2.78. The van der Waals surface area contributed by atoms with Gasteiger partial charge in [-0.25, -0.2) is 9.59 Å². The van der Waals surface area contributed by atoms with Gasteiger partial charge in [0.05, 0.1) is 25.4 Å². The van der Waals surface area contributed by atoms with Crippen LogP contribution >= 0.6 is 11.8 Å². The summed E-state index contributed by atoms with van der Waals surface area (Å²) >= 11 is 1.62. The fourth-order valence-corrected chi connectivity index (χ4v) is 5.77. The van der Waals surface area contributed by atoms with Crippen LogP contribution in [0.2, 0.25) is 0 Å². The lowest BCUT2D eigenvalue weighted by Gasteiger charge is -2.45. The van der Waals surface area contributed by atoms with Crippen LogP contribution in [0.25, 0.3) is 0 Å². The number of esters is 2. The van der Waals surface area contributed by atoms with Crippen LogP contribution in [0, 0.1) is 5.92 Å². The molecule has 2 aliphatic heterocycles. The fourth-order valence-electron chi connectivity index (χ4n) is 4.74. The zero-order valence-corrected chi connectivity index (χ0v) is 18.7. The molecule has 1 aromatic carbocycles. The molecule has 162 valence electrons. The molecule has 1 aromatic rings. The number of allylic oxidation sites excluding steroid dienone is 1. The molecule has 7 heteroatoms. The maximum atomic E-state index is 13.0. The summed E-state index contributed by atoms with van der Waals surface area (Å²) in [6.07, 6.45) is 3.52. The van der Waals surface area contributed by atoms with E-state index >= 15 is 0 Å². The second-order valence-electron chi connectivity index (χ2n) is 7.99. The molecule has 31 heavy (non-hydrogen) atoms. The number of amides is 1. The number of benzene rings is 1. The molecule has 2 heterocycles. The predicted octanol–water partition coefficient (Wildman–Crippen LogP) is 3.65. The number of thioether (sulfide) groups is 1. The van der Waals surface area contributed by atoms with Crippen LogP contribution in [0.15, 0.2) is 68.5 Å². The Kier molecular flexibility index (Phi) is 6.05. The second-order valence-corrected chi connectivity index (χ2v) is 9.19. The van der Waals surface area contributed by atoms with Crippen molar-refractivity contribution in [2.45, 2.75) is 37.1 Å². The smallest absolute Gasteiger partial charge is 0.334 e. The lowest BCUT2D eigenvalue weighted by Crippen LogP contribution is -2.51. The van der Waals surface area contributed by atoms with Gasteiger partial charge < -0.3 is 14.4 Å². The van der Waals surface area contributed by atoms with Crippen LogP contribution in [-0.4, -0.2) is 49.6 Å². The predicted molar refractivity (Wildman–Crippen MR) is 117 cm³/mol. The summed E-state index contributed by atoms with van der Waals surface area (Å²) in [5.41, 5.74) is 2.86. The Bertz CT molecular complexity index is 1020. The van der Waals surface area contributed by atoms with Crippen LogP contribution in [0.4, 0.5) is 0 Å². The molecule has 0 N–H and O–H groups in total. The largest absolute Gasteiger partial charge is 0.466 e. The minimum atomic E-state index is -0.533. The van der Waals surface area contributed by atoms with Gasteiger partial charge in [-0.05, 0) is 36.8 Å². The van der Waals surface area contributed by atoms with Crippen LogP contribution < -0.4 is 0 Å². The van der Waals surface area contributed by atoms with Crippen molar-refractivity contribution in [2.24, 2.45) is 5.92 Å². The molecular weight excluding hydrogens is 414 g/mol. The SMILES string of the molecule is COC(=O)C1=C(C(=O)OC)[C@H]2CN3C(=O)C=C(Sc4ccccc4)C[C@H]3CC2=C(C)C1. The van der Waals surface area contributed by atoms with Crippen LogP contribution in [0.3, 0.4) is 0 Å². The van der Waals surface area contributed by atoms with Crippen molar-refractivity contribution >= 4 is 29.6 Å².